The molecule has 114 valence electrons. The lowest BCUT2D eigenvalue weighted by molar-refractivity contribution is 0.0234. The fourth-order valence-corrected chi connectivity index (χ4v) is 3.70. The number of aliphatic hydroxyl groups is 1. The summed E-state index contributed by atoms with van der Waals surface area (Å²) in [5.74, 6) is 0.485. The molecule has 5 unspecified atom stereocenters. The predicted molar refractivity (Wildman–Crippen MR) is 80.0 cm³/mol. The highest BCUT2D eigenvalue weighted by Gasteiger charge is 2.41. The number of aromatic nitrogens is 2. The smallest absolute Gasteiger partial charge is 0.0850 e. The maximum absolute atomic E-state index is 10.6. The SMILES string of the molecule is CCc1nn(C)c(CC(O)C2C(C)OC(C)C2C)c1Cl. The van der Waals surface area contributed by atoms with Crippen molar-refractivity contribution in [2.45, 2.75) is 58.8 Å². The highest BCUT2D eigenvalue weighted by molar-refractivity contribution is 6.31. The molecular weight excluding hydrogens is 276 g/mol. The largest absolute Gasteiger partial charge is 0.392 e. The summed E-state index contributed by atoms with van der Waals surface area (Å²) < 4.78 is 7.61. The van der Waals surface area contributed by atoms with Crippen molar-refractivity contribution in [1.82, 2.24) is 9.78 Å². The van der Waals surface area contributed by atoms with Crippen LogP contribution in [0, 0.1) is 11.8 Å². The number of ether oxygens (including phenoxy) is 1. The van der Waals surface area contributed by atoms with Gasteiger partial charge in [-0.1, -0.05) is 25.4 Å². The maximum atomic E-state index is 10.6. The molecule has 1 fully saturated rings. The maximum Gasteiger partial charge on any atom is 0.0850 e. The first-order valence-corrected chi connectivity index (χ1v) is 7.78. The summed E-state index contributed by atoms with van der Waals surface area (Å²) >= 11 is 6.36. The first-order chi connectivity index (χ1) is 9.36. The van der Waals surface area contributed by atoms with Crippen LogP contribution in [0.5, 0.6) is 0 Å². The van der Waals surface area contributed by atoms with E-state index < -0.39 is 6.10 Å². The highest BCUT2D eigenvalue weighted by atomic mass is 35.5. The van der Waals surface area contributed by atoms with Gasteiger partial charge in [0.25, 0.3) is 0 Å². The molecule has 0 saturated carbocycles. The van der Waals surface area contributed by atoms with Crippen molar-refractivity contribution >= 4 is 11.6 Å². The van der Waals surface area contributed by atoms with Crippen molar-refractivity contribution in [2.24, 2.45) is 18.9 Å². The van der Waals surface area contributed by atoms with Crippen molar-refractivity contribution in [3.8, 4) is 0 Å². The number of rotatable bonds is 4. The molecular formula is C15H25ClN2O2. The Bertz CT molecular complexity index is 475. The van der Waals surface area contributed by atoms with E-state index in [-0.39, 0.29) is 18.1 Å². The Morgan fingerprint density at radius 1 is 1.35 bits per heavy atom. The Hall–Kier alpha value is -0.580. The lowest BCUT2D eigenvalue weighted by atomic mass is 9.83. The van der Waals surface area contributed by atoms with Crippen LogP contribution in [0.4, 0.5) is 0 Å². The van der Waals surface area contributed by atoms with Crippen LogP contribution < -0.4 is 0 Å². The Kier molecular flexibility index (Phi) is 4.77. The standard InChI is InChI=1S/C15H25ClN2O2/c1-6-11-15(16)12(18(5)17-11)7-13(19)14-8(2)9(3)20-10(14)4/h8-10,13-14,19H,6-7H2,1-5H3. The molecule has 0 aromatic carbocycles. The number of halogens is 1. The van der Waals surface area contributed by atoms with Crippen LogP contribution in [-0.2, 0) is 24.6 Å². The minimum absolute atomic E-state index is 0.0765. The number of hydrogen-bond donors (Lipinski definition) is 1. The van der Waals surface area contributed by atoms with E-state index in [0.29, 0.717) is 17.4 Å². The predicted octanol–water partition coefficient (Wildman–Crippen LogP) is 2.60. The van der Waals surface area contributed by atoms with Crippen LogP contribution in [0.15, 0.2) is 0 Å². The van der Waals surface area contributed by atoms with Crippen molar-refractivity contribution in [1.29, 1.82) is 0 Å². The van der Waals surface area contributed by atoms with E-state index in [9.17, 15) is 5.11 Å². The van der Waals surface area contributed by atoms with Gasteiger partial charge in [-0.05, 0) is 26.2 Å². The van der Waals surface area contributed by atoms with Crippen molar-refractivity contribution in [3.63, 3.8) is 0 Å². The van der Waals surface area contributed by atoms with Gasteiger partial charge in [-0.2, -0.15) is 5.10 Å². The monoisotopic (exact) mass is 300 g/mol. The van der Waals surface area contributed by atoms with Gasteiger partial charge in [0.2, 0.25) is 0 Å². The van der Waals surface area contributed by atoms with E-state index in [1.54, 1.807) is 4.68 Å². The molecule has 0 radical (unpaired) electrons. The van der Waals surface area contributed by atoms with Crippen molar-refractivity contribution in [2.75, 3.05) is 0 Å². The Balaban J connectivity index is 2.16. The summed E-state index contributed by atoms with van der Waals surface area (Å²) in [6.07, 6.45) is 1.14. The van der Waals surface area contributed by atoms with Crippen molar-refractivity contribution < 1.29 is 9.84 Å². The second-order valence-corrected chi connectivity index (χ2v) is 6.32. The van der Waals surface area contributed by atoms with Gasteiger partial charge >= 0.3 is 0 Å². The second kappa shape index (κ2) is 6.04. The Labute approximate surface area is 126 Å². The summed E-state index contributed by atoms with van der Waals surface area (Å²) in [7, 11) is 1.88. The third-order valence-electron chi connectivity index (χ3n) is 4.67. The summed E-state index contributed by atoms with van der Waals surface area (Å²) in [6.45, 7) is 8.28. The second-order valence-electron chi connectivity index (χ2n) is 5.94. The summed E-state index contributed by atoms with van der Waals surface area (Å²) in [4.78, 5) is 0. The summed E-state index contributed by atoms with van der Waals surface area (Å²) in [6, 6.07) is 0. The van der Waals surface area contributed by atoms with Crippen LogP contribution in [0.2, 0.25) is 5.02 Å². The fraction of sp³-hybridized carbons (Fsp3) is 0.800. The third-order valence-corrected chi connectivity index (χ3v) is 5.10. The molecule has 0 aliphatic carbocycles. The first kappa shape index (κ1) is 15.8. The quantitative estimate of drug-likeness (QED) is 0.930. The highest BCUT2D eigenvalue weighted by Crippen LogP contribution is 2.36. The molecule has 1 saturated heterocycles. The number of aryl methyl sites for hydroxylation is 2. The van der Waals surface area contributed by atoms with Crippen LogP contribution in [0.1, 0.15) is 39.1 Å². The number of hydrogen-bond acceptors (Lipinski definition) is 3. The van der Waals surface area contributed by atoms with Gasteiger partial charge < -0.3 is 9.84 Å². The van der Waals surface area contributed by atoms with E-state index in [2.05, 4.69) is 18.9 Å². The fourth-order valence-electron chi connectivity index (χ4n) is 3.33. The summed E-state index contributed by atoms with van der Waals surface area (Å²) in [5.41, 5.74) is 1.81. The van der Waals surface area contributed by atoms with Crippen molar-refractivity contribution in [3.05, 3.63) is 16.4 Å². The van der Waals surface area contributed by atoms with Crippen LogP contribution >= 0.6 is 11.6 Å². The van der Waals surface area contributed by atoms with Gasteiger partial charge in [0.1, 0.15) is 0 Å². The average molecular weight is 301 g/mol. The molecule has 2 heterocycles. The molecule has 2 rings (SSSR count). The van der Waals surface area contributed by atoms with Gasteiger partial charge in [-0.15, -0.1) is 0 Å². The minimum atomic E-state index is -0.456. The number of aliphatic hydroxyl groups excluding tert-OH is 1. The topological polar surface area (TPSA) is 47.3 Å². The molecule has 0 amide bonds. The lowest BCUT2D eigenvalue weighted by Gasteiger charge is -2.24. The molecule has 0 spiro atoms. The zero-order valence-electron chi connectivity index (χ0n) is 12.9. The number of nitrogens with zero attached hydrogens (tertiary/aromatic N) is 2. The molecule has 1 N–H and O–H groups in total. The summed E-state index contributed by atoms with van der Waals surface area (Å²) in [5, 5.41) is 15.7. The van der Waals surface area contributed by atoms with E-state index in [0.717, 1.165) is 17.8 Å². The van der Waals surface area contributed by atoms with E-state index in [1.165, 1.54) is 0 Å². The van der Waals surface area contributed by atoms with Gasteiger partial charge in [0, 0.05) is 19.4 Å². The zero-order valence-corrected chi connectivity index (χ0v) is 13.7. The molecule has 1 aromatic rings. The van der Waals surface area contributed by atoms with Crippen LogP contribution in [0.25, 0.3) is 0 Å². The van der Waals surface area contributed by atoms with Gasteiger partial charge in [-0.3, -0.25) is 4.68 Å². The third kappa shape index (κ3) is 2.74. The van der Waals surface area contributed by atoms with E-state index >= 15 is 0 Å². The first-order valence-electron chi connectivity index (χ1n) is 7.40. The van der Waals surface area contributed by atoms with Crippen LogP contribution in [-0.4, -0.2) is 33.2 Å². The van der Waals surface area contributed by atoms with Gasteiger partial charge in [0.15, 0.2) is 0 Å². The van der Waals surface area contributed by atoms with E-state index in [4.69, 9.17) is 16.3 Å². The average Bonchev–Trinajstić information content (AvgIpc) is 2.79. The molecule has 20 heavy (non-hydrogen) atoms. The Morgan fingerprint density at radius 2 is 2.00 bits per heavy atom. The van der Waals surface area contributed by atoms with Crippen LogP contribution in [0.3, 0.4) is 0 Å². The molecule has 4 nitrogen and oxygen atoms in total. The zero-order chi connectivity index (χ0) is 15.0. The molecule has 1 aliphatic heterocycles. The molecule has 1 aromatic heterocycles. The van der Waals surface area contributed by atoms with Gasteiger partial charge in [0.05, 0.1) is 34.7 Å². The molecule has 1 aliphatic rings. The molecule has 5 atom stereocenters. The van der Waals surface area contributed by atoms with E-state index in [1.807, 2.05) is 20.9 Å². The minimum Gasteiger partial charge on any atom is -0.392 e. The Morgan fingerprint density at radius 3 is 2.45 bits per heavy atom. The normalized spacial score (nSPS) is 31.8. The molecule has 0 bridgehead atoms. The molecule has 5 heteroatoms. The lowest BCUT2D eigenvalue weighted by Crippen LogP contribution is -2.33. The van der Waals surface area contributed by atoms with Gasteiger partial charge in [-0.25, -0.2) is 0 Å².